The van der Waals surface area contributed by atoms with Crippen molar-refractivity contribution in [1.29, 1.82) is 0 Å². The lowest BCUT2D eigenvalue weighted by Gasteiger charge is -2.38. The Bertz CT molecular complexity index is 1320. The van der Waals surface area contributed by atoms with E-state index < -0.39 is 17.6 Å². The van der Waals surface area contributed by atoms with Crippen molar-refractivity contribution < 1.29 is 24.2 Å². The highest BCUT2D eigenvalue weighted by Crippen LogP contribution is 2.44. The van der Waals surface area contributed by atoms with Gasteiger partial charge < -0.3 is 20.1 Å². The maximum Gasteiger partial charge on any atom is 0.407 e. The molecule has 2 amide bonds. The Morgan fingerprint density at radius 2 is 1.44 bits per heavy atom. The molecular weight excluding hydrogens is 516 g/mol. The van der Waals surface area contributed by atoms with Crippen LogP contribution < -0.4 is 5.32 Å². The molecule has 7 heteroatoms. The molecule has 0 heterocycles. The lowest BCUT2D eigenvalue weighted by molar-refractivity contribution is -0.139. The van der Waals surface area contributed by atoms with Crippen molar-refractivity contribution in [1.82, 2.24) is 10.2 Å². The van der Waals surface area contributed by atoms with Crippen LogP contribution >= 0.6 is 0 Å². The summed E-state index contributed by atoms with van der Waals surface area (Å²) < 4.78 is 5.85. The zero-order valence-electron chi connectivity index (χ0n) is 23.4. The molecule has 0 spiro atoms. The number of nitrogens with zero attached hydrogens (tertiary/aromatic N) is 1. The van der Waals surface area contributed by atoms with E-state index in [0.29, 0.717) is 13.0 Å². The first kappa shape index (κ1) is 28.4. The van der Waals surface area contributed by atoms with E-state index >= 15 is 0 Å². The lowest BCUT2D eigenvalue weighted by atomic mass is 9.78. The molecule has 3 aromatic rings. The molecule has 2 aliphatic carbocycles. The fourth-order valence-electron chi connectivity index (χ4n) is 6.35. The largest absolute Gasteiger partial charge is 0.481 e. The Morgan fingerprint density at radius 1 is 0.829 bits per heavy atom. The Kier molecular flexibility index (Phi) is 9.02. The summed E-state index contributed by atoms with van der Waals surface area (Å²) in [5.74, 6) is -1.05. The van der Waals surface area contributed by atoms with Crippen LogP contribution in [-0.4, -0.2) is 46.7 Å². The Labute approximate surface area is 241 Å². The summed E-state index contributed by atoms with van der Waals surface area (Å²) in [6.45, 7) is 0.755. The van der Waals surface area contributed by atoms with Gasteiger partial charge in [-0.25, -0.2) is 4.79 Å². The topological polar surface area (TPSA) is 95.9 Å². The summed E-state index contributed by atoms with van der Waals surface area (Å²) >= 11 is 0. The number of rotatable bonds is 11. The normalized spacial score (nSPS) is 15.4. The monoisotopic (exact) mass is 554 g/mol. The molecule has 1 saturated carbocycles. The van der Waals surface area contributed by atoms with E-state index in [9.17, 15) is 19.5 Å². The molecule has 0 aromatic heterocycles. The summed E-state index contributed by atoms with van der Waals surface area (Å²) in [6.07, 6.45) is 4.80. The number of carboxylic acids is 1. The molecular formula is C34H38N2O5. The fraction of sp³-hybridized carbons (Fsp3) is 0.382. The van der Waals surface area contributed by atoms with Gasteiger partial charge in [-0.05, 0) is 47.1 Å². The number of hydrogen-bond donors (Lipinski definition) is 2. The molecule has 214 valence electrons. The highest BCUT2D eigenvalue weighted by atomic mass is 16.5. The minimum atomic E-state index is -0.934. The molecule has 0 atom stereocenters. The first-order valence-corrected chi connectivity index (χ1v) is 14.6. The molecule has 5 rings (SSSR count). The molecule has 1 fully saturated rings. The first-order chi connectivity index (χ1) is 19.9. The van der Waals surface area contributed by atoms with Crippen LogP contribution in [0.2, 0.25) is 0 Å². The lowest BCUT2D eigenvalue weighted by Crippen LogP contribution is -2.50. The smallest absolute Gasteiger partial charge is 0.407 e. The number of alkyl carbamates (subject to hydrolysis) is 1. The summed E-state index contributed by atoms with van der Waals surface area (Å²) in [5.41, 5.74) is 5.14. The number of carbonyl (C=O) groups is 3. The van der Waals surface area contributed by atoms with Gasteiger partial charge in [0.15, 0.2) is 0 Å². The third-order valence-electron chi connectivity index (χ3n) is 8.50. The van der Waals surface area contributed by atoms with Crippen LogP contribution in [0.4, 0.5) is 4.79 Å². The molecule has 0 unspecified atom stereocenters. The summed E-state index contributed by atoms with van der Waals surface area (Å²) in [6, 6.07) is 26.1. The number of hydrogen-bond acceptors (Lipinski definition) is 4. The summed E-state index contributed by atoms with van der Waals surface area (Å²) in [7, 11) is 0. The zero-order valence-corrected chi connectivity index (χ0v) is 23.4. The van der Waals surface area contributed by atoms with Gasteiger partial charge >= 0.3 is 12.1 Å². The van der Waals surface area contributed by atoms with Gasteiger partial charge in [-0.15, -0.1) is 0 Å². The SMILES string of the molecule is O=C(O)CCN(Cc1ccccc1)C(=O)CCC1(NC(=O)OCC2c3ccccc3-c3ccccc32)CCCCC1. The average molecular weight is 555 g/mol. The average Bonchev–Trinajstić information content (AvgIpc) is 3.31. The number of aliphatic carboxylic acids is 1. The fourth-order valence-corrected chi connectivity index (χ4v) is 6.35. The molecule has 3 aromatic carbocycles. The third-order valence-corrected chi connectivity index (χ3v) is 8.50. The van der Waals surface area contributed by atoms with E-state index in [0.717, 1.165) is 37.7 Å². The van der Waals surface area contributed by atoms with Crippen LogP contribution in [0.15, 0.2) is 78.9 Å². The molecule has 0 saturated heterocycles. The Hall–Kier alpha value is -4.13. The summed E-state index contributed by atoms with van der Waals surface area (Å²) in [4.78, 5) is 39.4. The Balaban J connectivity index is 1.22. The molecule has 2 N–H and O–H groups in total. The molecule has 0 radical (unpaired) electrons. The number of carboxylic acid groups (broad SMARTS) is 1. The molecule has 2 aliphatic rings. The van der Waals surface area contributed by atoms with E-state index in [2.05, 4.69) is 29.6 Å². The maximum absolute atomic E-state index is 13.4. The van der Waals surface area contributed by atoms with E-state index in [1.807, 2.05) is 54.6 Å². The second-order valence-electron chi connectivity index (χ2n) is 11.2. The van der Waals surface area contributed by atoms with Crippen molar-refractivity contribution in [3.63, 3.8) is 0 Å². The summed E-state index contributed by atoms with van der Waals surface area (Å²) in [5, 5.41) is 12.4. The van der Waals surface area contributed by atoms with Gasteiger partial charge in [-0.2, -0.15) is 0 Å². The van der Waals surface area contributed by atoms with Crippen molar-refractivity contribution in [3.8, 4) is 11.1 Å². The first-order valence-electron chi connectivity index (χ1n) is 14.6. The van der Waals surface area contributed by atoms with Crippen molar-refractivity contribution >= 4 is 18.0 Å². The highest BCUT2D eigenvalue weighted by Gasteiger charge is 2.36. The number of nitrogens with one attached hydrogen (secondary N) is 1. The van der Waals surface area contributed by atoms with Crippen molar-refractivity contribution in [3.05, 3.63) is 95.6 Å². The van der Waals surface area contributed by atoms with Gasteiger partial charge in [0.05, 0.1) is 6.42 Å². The van der Waals surface area contributed by atoms with Gasteiger partial charge in [-0.1, -0.05) is 98.1 Å². The van der Waals surface area contributed by atoms with E-state index in [1.165, 1.54) is 22.3 Å². The number of benzene rings is 3. The van der Waals surface area contributed by atoms with Crippen LogP contribution in [0.1, 0.15) is 74.0 Å². The minimum absolute atomic E-state index is 0.0159. The van der Waals surface area contributed by atoms with Crippen LogP contribution in [-0.2, 0) is 20.9 Å². The van der Waals surface area contributed by atoms with Crippen LogP contribution in [0.25, 0.3) is 11.1 Å². The minimum Gasteiger partial charge on any atom is -0.481 e. The second kappa shape index (κ2) is 13.0. The van der Waals surface area contributed by atoms with Gasteiger partial charge in [0.1, 0.15) is 6.61 Å². The predicted octanol–water partition coefficient (Wildman–Crippen LogP) is 6.51. The van der Waals surface area contributed by atoms with E-state index in [-0.39, 0.29) is 37.8 Å². The molecule has 7 nitrogen and oxygen atoms in total. The highest BCUT2D eigenvalue weighted by molar-refractivity contribution is 5.79. The quantitative estimate of drug-likeness (QED) is 0.282. The van der Waals surface area contributed by atoms with E-state index in [4.69, 9.17) is 4.74 Å². The number of amides is 2. The maximum atomic E-state index is 13.4. The number of fused-ring (bicyclic) bond motifs is 3. The van der Waals surface area contributed by atoms with E-state index in [1.54, 1.807) is 4.90 Å². The molecule has 0 bridgehead atoms. The van der Waals surface area contributed by atoms with Crippen LogP contribution in [0.3, 0.4) is 0 Å². The number of ether oxygens (including phenoxy) is 1. The molecule has 0 aliphatic heterocycles. The van der Waals surface area contributed by atoms with Gasteiger partial charge in [0.25, 0.3) is 0 Å². The van der Waals surface area contributed by atoms with Gasteiger partial charge in [0, 0.05) is 31.0 Å². The van der Waals surface area contributed by atoms with Crippen LogP contribution in [0.5, 0.6) is 0 Å². The van der Waals surface area contributed by atoms with Crippen LogP contribution in [0, 0.1) is 0 Å². The predicted molar refractivity (Wildman–Crippen MR) is 157 cm³/mol. The number of carbonyl (C=O) groups excluding carboxylic acids is 2. The Morgan fingerprint density at radius 3 is 2.07 bits per heavy atom. The van der Waals surface area contributed by atoms with Crippen molar-refractivity contribution in [2.45, 2.75) is 69.4 Å². The second-order valence-corrected chi connectivity index (χ2v) is 11.2. The third kappa shape index (κ3) is 6.96. The van der Waals surface area contributed by atoms with Crippen molar-refractivity contribution in [2.75, 3.05) is 13.2 Å². The van der Waals surface area contributed by atoms with Gasteiger partial charge in [0.2, 0.25) is 5.91 Å². The molecule has 41 heavy (non-hydrogen) atoms. The van der Waals surface area contributed by atoms with Crippen molar-refractivity contribution in [2.24, 2.45) is 0 Å². The van der Waals surface area contributed by atoms with Gasteiger partial charge in [-0.3, -0.25) is 9.59 Å². The standard InChI is InChI=1S/C34H38N2O5/c37-31(36(22-18-32(38)39)23-25-11-3-1-4-12-25)17-21-34(19-9-2-10-20-34)35-33(40)41-24-30-28-15-7-5-13-26(28)27-14-6-8-16-29(27)30/h1,3-8,11-16,30H,2,9-10,17-24H2,(H,35,40)(H,38,39). The zero-order chi connectivity index (χ0) is 28.7.